The van der Waals surface area contributed by atoms with Crippen molar-refractivity contribution in [1.82, 2.24) is 0 Å². The summed E-state index contributed by atoms with van der Waals surface area (Å²) in [5.74, 6) is 2.98. The van der Waals surface area contributed by atoms with Crippen LogP contribution in [0.2, 0.25) is 0 Å². The fourth-order valence-corrected chi connectivity index (χ4v) is 12.9. The Labute approximate surface area is 382 Å². The topological polar surface area (TPSA) is 21.7 Å². The van der Waals surface area contributed by atoms with Gasteiger partial charge in [0.2, 0.25) is 0 Å². The summed E-state index contributed by atoms with van der Waals surface area (Å²) in [6.07, 6.45) is 17.0. The highest BCUT2D eigenvalue weighted by Crippen LogP contribution is 2.66. The summed E-state index contributed by atoms with van der Waals surface area (Å²) >= 11 is 1.89. The van der Waals surface area contributed by atoms with Gasteiger partial charge in [-0.3, -0.25) is 0 Å². The average Bonchev–Trinajstić information content (AvgIpc) is 4.01. The van der Waals surface area contributed by atoms with Crippen LogP contribution < -0.4 is 14.4 Å². The van der Waals surface area contributed by atoms with Crippen LogP contribution in [0.15, 0.2) is 212 Å². The summed E-state index contributed by atoms with van der Waals surface area (Å²) in [4.78, 5) is 2.57. The lowest BCUT2D eigenvalue weighted by Gasteiger charge is -2.36. The van der Waals surface area contributed by atoms with Gasteiger partial charge in [0.1, 0.15) is 0 Å². The van der Waals surface area contributed by atoms with Gasteiger partial charge >= 0.3 is 0 Å². The van der Waals surface area contributed by atoms with Gasteiger partial charge in [0.05, 0.1) is 11.5 Å². The predicted molar refractivity (Wildman–Crippen MR) is 269 cm³/mol. The molecule has 3 nitrogen and oxygen atoms in total. The first-order valence-electron chi connectivity index (χ1n) is 22.8. The molecule has 4 aliphatic carbocycles. The highest BCUT2D eigenvalue weighted by Gasteiger charge is 2.53. The first kappa shape index (κ1) is 36.8. The fourth-order valence-electron chi connectivity index (χ4n) is 11.6. The third kappa shape index (κ3) is 5.23. The van der Waals surface area contributed by atoms with Crippen LogP contribution >= 0.6 is 11.3 Å². The molecular formula is C61H41NO2S. The molecule has 0 radical (unpaired) electrons. The molecule has 65 heavy (non-hydrogen) atoms. The molecule has 308 valence electrons. The van der Waals surface area contributed by atoms with Gasteiger partial charge in [0.15, 0.2) is 23.0 Å². The third-order valence-corrected chi connectivity index (χ3v) is 15.5. The number of nitrogens with zero attached hydrogens (tertiary/aromatic N) is 1. The number of ether oxygens (including phenoxy) is 2. The van der Waals surface area contributed by atoms with Gasteiger partial charge in [-0.25, -0.2) is 0 Å². The van der Waals surface area contributed by atoms with Crippen LogP contribution in [0.1, 0.15) is 47.1 Å². The van der Waals surface area contributed by atoms with Crippen molar-refractivity contribution < 1.29 is 9.47 Å². The molecule has 0 amide bonds. The largest absolute Gasteiger partial charge is 0.449 e. The fraction of sp³-hybridized carbons (Fsp3) is 0.0820. The number of fused-ring (bicyclic) bond motifs is 16. The molecule has 0 bridgehead atoms. The van der Waals surface area contributed by atoms with E-state index >= 15 is 0 Å². The molecular weight excluding hydrogens is 811 g/mol. The van der Waals surface area contributed by atoms with Gasteiger partial charge in [0, 0.05) is 53.8 Å². The van der Waals surface area contributed by atoms with Gasteiger partial charge in [-0.2, -0.15) is 0 Å². The molecule has 1 spiro atoms. The number of rotatable bonds is 5. The van der Waals surface area contributed by atoms with E-state index in [2.05, 4.69) is 205 Å². The maximum absolute atomic E-state index is 7.34. The minimum Gasteiger partial charge on any atom is -0.449 e. The molecule has 2 heterocycles. The monoisotopic (exact) mass is 851 g/mol. The van der Waals surface area contributed by atoms with Crippen molar-refractivity contribution in [2.75, 3.05) is 4.90 Å². The standard InChI is InChI=1S/C61H41NO2S/c1-2-18-39(19-3-1)62(53-32-12-7-23-44(53)46-27-15-28-47-45-24-8-13-34-56(45)65-60(46)47)40-20-14-17-38(37-40)41-26-16-33-54-58(41)64-59-55(63-54)36-35-52-57(59)48-25-6-11-31-51(48)61(52)49-29-9-4-21-42(49)43-22-5-10-30-50(43)61/h2,4-19,21-37,40H,1,3,20H2. The number of hydrogen-bond acceptors (Lipinski definition) is 4. The summed E-state index contributed by atoms with van der Waals surface area (Å²) in [6.45, 7) is 0. The molecule has 1 atom stereocenters. The van der Waals surface area contributed by atoms with Gasteiger partial charge in [-0.05, 0) is 94.1 Å². The quantitative estimate of drug-likeness (QED) is 0.172. The Hall–Kier alpha value is -7.66. The number of hydrogen-bond donors (Lipinski definition) is 0. The van der Waals surface area contributed by atoms with Crippen molar-refractivity contribution in [3.63, 3.8) is 0 Å². The van der Waals surface area contributed by atoms with Gasteiger partial charge < -0.3 is 14.4 Å². The Balaban J connectivity index is 0.901. The molecule has 0 fully saturated rings. The zero-order chi connectivity index (χ0) is 42.6. The minimum absolute atomic E-state index is 0.0397. The second-order valence-electron chi connectivity index (χ2n) is 17.6. The zero-order valence-electron chi connectivity index (χ0n) is 35.5. The van der Waals surface area contributed by atoms with Crippen LogP contribution in [0, 0.1) is 0 Å². The van der Waals surface area contributed by atoms with Crippen LogP contribution in [0.4, 0.5) is 5.69 Å². The summed E-state index contributed by atoms with van der Waals surface area (Å²) < 4.78 is 16.9. The van der Waals surface area contributed by atoms with Gasteiger partial charge in [0.25, 0.3) is 0 Å². The highest BCUT2D eigenvalue weighted by atomic mass is 32.1. The predicted octanol–water partition coefficient (Wildman–Crippen LogP) is 16.4. The van der Waals surface area contributed by atoms with Crippen molar-refractivity contribution in [1.29, 1.82) is 0 Å². The molecule has 1 aromatic heterocycles. The molecule has 8 aromatic carbocycles. The number of anilines is 1. The van der Waals surface area contributed by atoms with Crippen molar-refractivity contribution in [2.24, 2.45) is 0 Å². The molecule has 4 heteroatoms. The lowest BCUT2D eigenvalue weighted by Crippen LogP contribution is -2.34. The molecule has 9 aromatic rings. The lowest BCUT2D eigenvalue weighted by molar-refractivity contribution is 0.359. The molecule has 14 rings (SSSR count). The Kier molecular flexibility index (Phi) is 8.02. The maximum atomic E-state index is 7.34. The van der Waals surface area contributed by atoms with Crippen molar-refractivity contribution in [3.8, 4) is 56.4 Å². The minimum atomic E-state index is -0.469. The summed E-state index contributed by atoms with van der Waals surface area (Å²) in [6, 6.07) is 62.1. The molecule has 1 aliphatic heterocycles. The van der Waals surface area contributed by atoms with Crippen LogP contribution in [0.5, 0.6) is 23.0 Å². The van der Waals surface area contributed by atoms with Crippen molar-refractivity contribution in [2.45, 2.75) is 30.7 Å². The second kappa shape index (κ2) is 14.2. The summed E-state index contributed by atoms with van der Waals surface area (Å²) in [5.41, 5.74) is 16.6. The SMILES string of the molecule is C1=CC(N(c2ccccc2-c2cccc3c2sc2ccccc23)C2C=C(c3cccc4c3Oc3c(ccc5c3-c3ccccc3C53c5ccccc5-c5ccccc53)O4)C=CC2)=CCC1. The lowest BCUT2D eigenvalue weighted by atomic mass is 9.70. The van der Waals surface area contributed by atoms with E-state index in [9.17, 15) is 0 Å². The van der Waals surface area contributed by atoms with E-state index in [0.29, 0.717) is 0 Å². The van der Waals surface area contributed by atoms with Gasteiger partial charge in [-0.15, -0.1) is 11.3 Å². The molecule has 0 saturated carbocycles. The van der Waals surface area contributed by atoms with Crippen LogP contribution in [0.3, 0.4) is 0 Å². The number of allylic oxidation sites excluding steroid dienone is 5. The third-order valence-electron chi connectivity index (χ3n) is 14.3. The Morgan fingerprint density at radius 1 is 0.492 bits per heavy atom. The number of benzene rings is 8. The summed E-state index contributed by atoms with van der Waals surface area (Å²) in [5, 5.41) is 2.62. The molecule has 5 aliphatic rings. The zero-order valence-corrected chi connectivity index (χ0v) is 36.3. The van der Waals surface area contributed by atoms with E-state index in [1.54, 1.807) is 0 Å². The highest BCUT2D eigenvalue weighted by molar-refractivity contribution is 7.26. The molecule has 0 N–H and O–H groups in total. The van der Waals surface area contributed by atoms with Crippen molar-refractivity contribution in [3.05, 3.63) is 240 Å². The second-order valence-corrected chi connectivity index (χ2v) is 18.7. The first-order valence-corrected chi connectivity index (χ1v) is 23.6. The Bertz CT molecular complexity index is 3570. The normalized spacial score (nSPS) is 16.7. The van der Waals surface area contributed by atoms with Crippen molar-refractivity contribution >= 4 is 42.8 Å². The van der Waals surface area contributed by atoms with E-state index < -0.39 is 5.41 Å². The average molecular weight is 852 g/mol. The summed E-state index contributed by atoms with van der Waals surface area (Å²) in [7, 11) is 0. The van der Waals surface area contributed by atoms with Crippen LogP contribution in [-0.2, 0) is 5.41 Å². The first-order chi connectivity index (χ1) is 32.3. The number of para-hydroxylation sites is 2. The maximum Gasteiger partial charge on any atom is 0.178 e. The van der Waals surface area contributed by atoms with Crippen LogP contribution in [0.25, 0.3) is 59.1 Å². The van der Waals surface area contributed by atoms with E-state index in [1.807, 2.05) is 17.4 Å². The van der Waals surface area contributed by atoms with Crippen LogP contribution in [-0.4, -0.2) is 6.04 Å². The Morgan fingerprint density at radius 2 is 1.15 bits per heavy atom. The van der Waals surface area contributed by atoms with Gasteiger partial charge in [-0.1, -0.05) is 176 Å². The van der Waals surface area contributed by atoms with E-state index in [0.717, 1.165) is 59.0 Å². The van der Waals surface area contributed by atoms with E-state index in [-0.39, 0.29) is 6.04 Å². The smallest absolute Gasteiger partial charge is 0.178 e. The number of thiophene rings is 1. The van der Waals surface area contributed by atoms with E-state index in [1.165, 1.54) is 81.6 Å². The Morgan fingerprint density at radius 3 is 1.97 bits per heavy atom. The molecule has 0 saturated heterocycles. The van der Waals surface area contributed by atoms with E-state index in [4.69, 9.17) is 9.47 Å². The molecule has 1 unspecified atom stereocenters.